The maximum atomic E-state index is 2.44. The minimum atomic E-state index is 0.694. The van der Waals surface area contributed by atoms with Crippen LogP contribution in [0.3, 0.4) is 0 Å². The Kier molecular flexibility index (Phi) is 9.52. The summed E-state index contributed by atoms with van der Waals surface area (Å²) in [6, 6.07) is 11.0. The van der Waals surface area contributed by atoms with Crippen LogP contribution in [0.5, 0.6) is 0 Å². The van der Waals surface area contributed by atoms with Gasteiger partial charge in [-0.3, -0.25) is 0 Å². The van der Waals surface area contributed by atoms with E-state index in [-0.39, 0.29) is 0 Å². The van der Waals surface area contributed by atoms with Gasteiger partial charge in [-0.25, -0.2) is 0 Å². The summed E-state index contributed by atoms with van der Waals surface area (Å²) >= 11 is 0. The summed E-state index contributed by atoms with van der Waals surface area (Å²) in [5, 5.41) is 0. The fraction of sp³-hybridized carbons (Fsp3) is 0.727. The van der Waals surface area contributed by atoms with Crippen molar-refractivity contribution in [3.05, 3.63) is 35.9 Å². The molecule has 0 amide bonds. The van der Waals surface area contributed by atoms with Crippen molar-refractivity contribution >= 4 is 0 Å². The highest BCUT2D eigenvalue weighted by atomic mass is 14.2. The molecule has 0 saturated carbocycles. The molecule has 0 aliphatic carbocycles. The molecule has 0 heteroatoms. The lowest BCUT2D eigenvalue weighted by molar-refractivity contribution is 0.383. The van der Waals surface area contributed by atoms with Crippen LogP contribution in [0.15, 0.2) is 30.3 Å². The Morgan fingerprint density at radius 1 is 0.682 bits per heavy atom. The van der Waals surface area contributed by atoms with E-state index < -0.39 is 0 Å². The van der Waals surface area contributed by atoms with Crippen molar-refractivity contribution < 1.29 is 0 Å². The molecule has 22 heavy (non-hydrogen) atoms. The van der Waals surface area contributed by atoms with Crippen molar-refractivity contribution in [2.24, 2.45) is 17.8 Å². The van der Waals surface area contributed by atoms with Crippen molar-refractivity contribution in [2.75, 3.05) is 0 Å². The molecule has 0 aliphatic rings. The molecule has 0 N–H and O–H groups in total. The van der Waals surface area contributed by atoms with Crippen LogP contribution < -0.4 is 0 Å². The zero-order valence-corrected chi connectivity index (χ0v) is 15.6. The predicted molar refractivity (Wildman–Crippen MR) is 100 cm³/mol. The summed E-state index contributed by atoms with van der Waals surface area (Å²) in [4.78, 5) is 0. The first kappa shape index (κ1) is 19.3. The largest absolute Gasteiger partial charge is 0.0628 e. The van der Waals surface area contributed by atoms with Crippen LogP contribution in [0, 0.1) is 17.8 Å². The van der Waals surface area contributed by atoms with E-state index in [4.69, 9.17) is 0 Å². The van der Waals surface area contributed by atoms with Gasteiger partial charge in [-0.05, 0) is 35.7 Å². The number of hydrogen-bond acceptors (Lipinski definition) is 0. The first-order valence-electron chi connectivity index (χ1n) is 9.54. The quantitative estimate of drug-likeness (QED) is 0.398. The molecule has 0 aromatic heterocycles. The van der Waals surface area contributed by atoms with Gasteiger partial charge in [0.05, 0.1) is 0 Å². The molecule has 126 valence electrons. The third kappa shape index (κ3) is 8.61. The summed E-state index contributed by atoms with van der Waals surface area (Å²) in [5.74, 6) is 3.32. The SMILES string of the molecule is CC(C)CCCC(C)CCCC(C)CC(C)c1ccccc1. The van der Waals surface area contributed by atoms with Crippen molar-refractivity contribution in [2.45, 2.75) is 85.5 Å². The highest BCUT2D eigenvalue weighted by molar-refractivity contribution is 5.18. The lowest BCUT2D eigenvalue weighted by Gasteiger charge is -2.19. The van der Waals surface area contributed by atoms with Crippen LogP contribution in [-0.2, 0) is 0 Å². The Hall–Kier alpha value is -0.780. The van der Waals surface area contributed by atoms with Crippen LogP contribution >= 0.6 is 0 Å². The van der Waals surface area contributed by atoms with E-state index in [0.717, 1.165) is 17.8 Å². The minimum Gasteiger partial charge on any atom is -0.0628 e. The molecule has 0 bridgehead atoms. The van der Waals surface area contributed by atoms with Gasteiger partial charge in [0.25, 0.3) is 0 Å². The van der Waals surface area contributed by atoms with Crippen LogP contribution in [0.25, 0.3) is 0 Å². The van der Waals surface area contributed by atoms with Crippen LogP contribution in [-0.4, -0.2) is 0 Å². The van der Waals surface area contributed by atoms with E-state index in [1.807, 2.05) is 0 Å². The average molecular weight is 303 g/mol. The third-order valence-corrected chi connectivity index (χ3v) is 5.00. The Balaban J connectivity index is 2.14. The van der Waals surface area contributed by atoms with Crippen molar-refractivity contribution in [3.8, 4) is 0 Å². The Labute approximate surface area is 139 Å². The number of hydrogen-bond donors (Lipinski definition) is 0. The lowest BCUT2D eigenvalue weighted by Crippen LogP contribution is -2.04. The van der Waals surface area contributed by atoms with E-state index in [9.17, 15) is 0 Å². The predicted octanol–water partition coefficient (Wildman–Crippen LogP) is 7.45. The Morgan fingerprint density at radius 3 is 1.82 bits per heavy atom. The smallest absolute Gasteiger partial charge is 0.0188 e. The topological polar surface area (TPSA) is 0 Å². The van der Waals surface area contributed by atoms with Crippen molar-refractivity contribution in [1.82, 2.24) is 0 Å². The Morgan fingerprint density at radius 2 is 1.23 bits per heavy atom. The van der Waals surface area contributed by atoms with Gasteiger partial charge in [-0.1, -0.05) is 103 Å². The second-order valence-corrected chi connectivity index (χ2v) is 8.01. The zero-order valence-electron chi connectivity index (χ0n) is 15.6. The van der Waals surface area contributed by atoms with Gasteiger partial charge in [0, 0.05) is 0 Å². The zero-order chi connectivity index (χ0) is 16.4. The summed E-state index contributed by atoms with van der Waals surface area (Å²) in [5.41, 5.74) is 1.50. The standard InChI is InChI=1S/C22H38/c1-18(2)11-9-12-19(3)13-10-14-20(4)17-21(5)22-15-7-6-8-16-22/h6-8,15-16,18-21H,9-14,17H2,1-5H3. The minimum absolute atomic E-state index is 0.694. The van der Waals surface area contributed by atoms with E-state index in [1.54, 1.807) is 0 Å². The fourth-order valence-corrected chi connectivity index (χ4v) is 3.47. The molecule has 0 saturated heterocycles. The number of benzene rings is 1. The molecule has 3 atom stereocenters. The van der Waals surface area contributed by atoms with Crippen LogP contribution in [0.1, 0.15) is 91.0 Å². The maximum Gasteiger partial charge on any atom is -0.0188 e. The van der Waals surface area contributed by atoms with Gasteiger partial charge in [0.15, 0.2) is 0 Å². The normalized spacial score (nSPS) is 15.7. The van der Waals surface area contributed by atoms with Gasteiger partial charge in [-0.15, -0.1) is 0 Å². The van der Waals surface area contributed by atoms with Gasteiger partial charge in [0.2, 0.25) is 0 Å². The lowest BCUT2D eigenvalue weighted by atomic mass is 9.87. The first-order valence-corrected chi connectivity index (χ1v) is 9.54. The van der Waals surface area contributed by atoms with E-state index in [0.29, 0.717) is 5.92 Å². The third-order valence-electron chi connectivity index (χ3n) is 5.00. The van der Waals surface area contributed by atoms with Crippen molar-refractivity contribution in [1.29, 1.82) is 0 Å². The van der Waals surface area contributed by atoms with Crippen molar-refractivity contribution in [3.63, 3.8) is 0 Å². The summed E-state index contributed by atoms with van der Waals surface area (Å²) in [6.07, 6.45) is 9.78. The molecule has 0 aliphatic heterocycles. The molecule has 1 aromatic carbocycles. The number of rotatable bonds is 11. The second kappa shape index (κ2) is 10.9. The highest BCUT2D eigenvalue weighted by Gasteiger charge is 2.11. The highest BCUT2D eigenvalue weighted by Crippen LogP contribution is 2.27. The van der Waals surface area contributed by atoms with Gasteiger partial charge in [0.1, 0.15) is 0 Å². The molecule has 0 heterocycles. The molecule has 3 unspecified atom stereocenters. The molecule has 0 fully saturated rings. The summed E-state index contributed by atoms with van der Waals surface area (Å²) in [7, 11) is 0. The van der Waals surface area contributed by atoms with Gasteiger partial charge < -0.3 is 0 Å². The molecule has 0 spiro atoms. The van der Waals surface area contributed by atoms with E-state index in [1.165, 1.54) is 50.5 Å². The van der Waals surface area contributed by atoms with Crippen LogP contribution in [0.2, 0.25) is 0 Å². The fourth-order valence-electron chi connectivity index (χ4n) is 3.47. The van der Waals surface area contributed by atoms with Gasteiger partial charge >= 0.3 is 0 Å². The summed E-state index contributed by atoms with van der Waals surface area (Å²) < 4.78 is 0. The molecular weight excluding hydrogens is 264 g/mol. The summed E-state index contributed by atoms with van der Waals surface area (Å²) in [6.45, 7) is 11.9. The van der Waals surface area contributed by atoms with E-state index in [2.05, 4.69) is 65.0 Å². The monoisotopic (exact) mass is 302 g/mol. The van der Waals surface area contributed by atoms with Gasteiger partial charge in [-0.2, -0.15) is 0 Å². The second-order valence-electron chi connectivity index (χ2n) is 8.01. The maximum absolute atomic E-state index is 2.44. The average Bonchev–Trinajstić information content (AvgIpc) is 2.47. The molecule has 1 aromatic rings. The Bertz CT molecular complexity index is 365. The van der Waals surface area contributed by atoms with Crippen LogP contribution in [0.4, 0.5) is 0 Å². The molecule has 1 rings (SSSR count). The molecular formula is C22H38. The van der Waals surface area contributed by atoms with E-state index >= 15 is 0 Å². The molecule has 0 radical (unpaired) electrons. The molecule has 0 nitrogen and oxygen atoms in total. The first-order chi connectivity index (χ1) is 10.5.